The van der Waals surface area contributed by atoms with Crippen LogP contribution in [0.25, 0.3) is 6.08 Å². The Morgan fingerprint density at radius 1 is 1.29 bits per heavy atom. The average Bonchev–Trinajstić information content (AvgIpc) is 2.94. The van der Waals surface area contributed by atoms with Gasteiger partial charge in [0.05, 0.1) is 0 Å². The zero-order chi connectivity index (χ0) is 15.2. The van der Waals surface area contributed by atoms with E-state index in [1.54, 1.807) is 30.3 Å². The van der Waals surface area contributed by atoms with E-state index in [2.05, 4.69) is 5.32 Å². The lowest BCUT2D eigenvalue weighted by molar-refractivity contribution is -0.131. The summed E-state index contributed by atoms with van der Waals surface area (Å²) in [5.41, 5.74) is 1.92. The molecule has 0 unspecified atom stereocenters. The predicted octanol–water partition coefficient (Wildman–Crippen LogP) is 2.86. The molecule has 1 heterocycles. The lowest BCUT2D eigenvalue weighted by atomic mass is 10.2. The van der Waals surface area contributed by atoms with Crippen LogP contribution in [0.5, 0.6) is 0 Å². The van der Waals surface area contributed by atoms with Gasteiger partial charge in [0.2, 0.25) is 0 Å². The van der Waals surface area contributed by atoms with Crippen LogP contribution in [0.4, 0.5) is 5.69 Å². The number of nitrogens with one attached hydrogen (secondary N) is 1. The number of aryl methyl sites for hydroxylation is 1. The number of nitrogens with zero attached hydrogens (tertiary/aromatic N) is 1. The van der Waals surface area contributed by atoms with Crippen LogP contribution < -0.4 is 5.32 Å². The van der Waals surface area contributed by atoms with E-state index < -0.39 is 5.97 Å². The molecule has 5 nitrogen and oxygen atoms in total. The molecule has 2 N–H and O–H groups in total. The summed E-state index contributed by atoms with van der Waals surface area (Å²) in [6, 6.07) is 10.6. The fraction of sp³-hybridized carbons (Fsp3) is 0.125. The number of rotatable bonds is 5. The Kier molecular flexibility index (Phi) is 4.56. The summed E-state index contributed by atoms with van der Waals surface area (Å²) in [5, 5.41) is 11.4. The minimum absolute atomic E-state index is 0.193. The number of carbonyl (C=O) groups is 2. The third kappa shape index (κ3) is 3.82. The lowest BCUT2D eigenvalue weighted by Gasteiger charge is -2.08. The molecule has 0 bridgehead atoms. The quantitative estimate of drug-likeness (QED) is 0.829. The second-order valence-electron chi connectivity index (χ2n) is 4.43. The Hall–Kier alpha value is -2.82. The molecule has 0 atom stereocenters. The van der Waals surface area contributed by atoms with Gasteiger partial charge < -0.3 is 15.0 Å². The van der Waals surface area contributed by atoms with Crippen molar-refractivity contribution in [3.63, 3.8) is 0 Å². The van der Waals surface area contributed by atoms with E-state index in [-0.39, 0.29) is 5.91 Å². The van der Waals surface area contributed by atoms with Gasteiger partial charge in [-0.15, -0.1) is 0 Å². The molecule has 1 aromatic heterocycles. The van der Waals surface area contributed by atoms with E-state index in [9.17, 15) is 9.59 Å². The minimum Gasteiger partial charge on any atom is -0.478 e. The molecular formula is C16H16N2O3. The second kappa shape index (κ2) is 6.56. The SMILES string of the molecule is CCn1cccc1C(=O)Nc1cccc(C=CC(=O)O)c1. The monoisotopic (exact) mass is 284 g/mol. The van der Waals surface area contributed by atoms with Crippen molar-refractivity contribution in [3.8, 4) is 0 Å². The Morgan fingerprint density at radius 2 is 2.10 bits per heavy atom. The molecule has 2 aromatic rings. The van der Waals surface area contributed by atoms with Crippen molar-refractivity contribution in [1.82, 2.24) is 4.57 Å². The predicted molar refractivity (Wildman–Crippen MR) is 81.2 cm³/mol. The van der Waals surface area contributed by atoms with E-state index in [0.29, 0.717) is 16.9 Å². The van der Waals surface area contributed by atoms with Crippen molar-refractivity contribution in [2.45, 2.75) is 13.5 Å². The fourth-order valence-electron chi connectivity index (χ4n) is 1.98. The lowest BCUT2D eigenvalue weighted by Crippen LogP contribution is -2.16. The molecule has 0 aliphatic carbocycles. The smallest absolute Gasteiger partial charge is 0.328 e. The number of aromatic nitrogens is 1. The van der Waals surface area contributed by atoms with Crippen LogP contribution in [0.3, 0.4) is 0 Å². The molecule has 0 spiro atoms. The second-order valence-corrected chi connectivity index (χ2v) is 4.43. The van der Waals surface area contributed by atoms with Gasteiger partial charge in [0.1, 0.15) is 5.69 Å². The third-order valence-electron chi connectivity index (χ3n) is 2.97. The topological polar surface area (TPSA) is 71.3 Å². The zero-order valence-corrected chi connectivity index (χ0v) is 11.6. The number of carboxylic acid groups (broad SMARTS) is 1. The molecule has 2 rings (SSSR count). The summed E-state index contributed by atoms with van der Waals surface area (Å²) in [6.45, 7) is 2.69. The van der Waals surface area contributed by atoms with Gasteiger partial charge in [0.15, 0.2) is 0 Å². The maximum absolute atomic E-state index is 12.2. The third-order valence-corrected chi connectivity index (χ3v) is 2.97. The van der Waals surface area contributed by atoms with Gasteiger partial charge in [-0.25, -0.2) is 4.79 Å². The number of anilines is 1. The number of benzene rings is 1. The average molecular weight is 284 g/mol. The zero-order valence-electron chi connectivity index (χ0n) is 11.6. The summed E-state index contributed by atoms with van der Waals surface area (Å²) in [5.74, 6) is -1.20. The first kappa shape index (κ1) is 14.6. The van der Waals surface area contributed by atoms with Crippen molar-refractivity contribution >= 4 is 23.6 Å². The first-order valence-electron chi connectivity index (χ1n) is 6.57. The molecule has 108 valence electrons. The molecule has 0 fully saturated rings. The molecule has 21 heavy (non-hydrogen) atoms. The van der Waals surface area contributed by atoms with Crippen molar-refractivity contribution in [3.05, 3.63) is 59.9 Å². The normalized spacial score (nSPS) is 10.7. The van der Waals surface area contributed by atoms with Crippen molar-refractivity contribution < 1.29 is 14.7 Å². The van der Waals surface area contributed by atoms with Crippen molar-refractivity contribution in [2.75, 3.05) is 5.32 Å². The first-order valence-corrected chi connectivity index (χ1v) is 6.57. The van der Waals surface area contributed by atoms with Gasteiger partial charge in [0, 0.05) is 24.5 Å². The van der Waals surface area contributed by atoms with Crippen molar-refractivity contribution in [2.24, 2.45) is 0 Å². The van der Waals surface area contributed by atoms with Crippen LogP contribution in [-0.4, -0.2) is 21.6 Å². The summed E-state index contributed by atoms with van der Waals surface area (Å²) in [6.07, 6.45) is 4.39. The highest BCUT2D eigenvalue weighted by Crippen LogP contribution is 2.14. The minimum atomic E-state index is -1.01. The molecular weight excluding hydrogens is 268 g/mol. The van der Waals surface area contributed by atoms with Gasteiger partial charge in [-0.05, 0) is 42.8 Å². The summed E-state index contributed by atoms with van der Waals surface area (Å²) in [7, 11) is 0. The van der Waals surface area contributed by atoms with E-state index >= 15 is 0 Å². The van der Waals surface area contributed by atoms with Gasteiger partial charge >= 0.3 is 5.97 Å². The fourth-order valence-corrected chi connectivity index (χ4v) is 1.98. The Labute approximate surface area is 122 Å². The molecule has 0 saturated heterocycles. The Balaban J connectivity index is 2.14. The molecule has 0 radical (unpaired) electrons. The molecule has 0 saturated carbocycles. The highest BCUT2D eigenvalue weighted by molar-refractivity contribution is 6.03. The highest BCUT2D eigenvalue weighted by atomic mass is 16.4. The van der Waals surface area contributed by atoms with Crippen LogP contribution in [0, 0.1) is 0 Å². The summed E-state index contributed by atoms with van der Waals surface area (Å²) >= 11 is 0. The summed E-state index contributed by atoms with van der Waals surface area (Å²) in [4.78, 5) is 22.7. The highest BCUT2D eigenvalue weighted by Gasteiger charge is 2.10. The molecule has 1 amide bonds. The van der Waals surface area contributed by atoms with Gasteiger partial charge in [-0.1, -0.05) is 12.1 Å². The van der Waals surface area contributed by atoms with Gasteiger partial charge in [0.25, 0.3) is 5.91 Å². The number of carboxylic acids is 1. The standard InChI is InChI=1S/C16H16N2O3/c1-2-18-10-4-7-14(18)16(21)17-13-6-3-5-12(11-13)8-9-15(19)20/h3-11H,2H2,1H3,(H,17,21)(H,19,20). The number of aliphatic carboxylic acids is 1. The maximum Gasteiger partial charge on any atom is 0.328 e. The van der Waals surface area contributed by atoms with E-state index in [4.69, 9.17) is 5.11 Å². The van der Waals surface area contributed by atoms with Crippen LogP contribution in [-0.2, 0) is 11.3 Å². The van der Waals surface area contributed by atoms with Crippen LogP contribution >= 0.6 is 0 Å². The Morgan fingerprint density at radius 3 is 2.81 bits per heavy atom. The molecule has 0 aliphatic heterocycles. The Bertz CT molecular complexity index is 686. The molecule has 5 heteroatoms. The summed E-state index contributed by atoms with van der Waals surface area (Å²) < 4.78 is 1.85. The van der Waals surface area contributed by atoms with Crippen molar-refractivity contribution in [1.29, 1.82) is 0 Å². The largest absolute Gasteiger partial charge is 0.478 e. The molecule has 1 aromatic carbocycles. The van der Waals surface area contributed by atoms with E-state index in [1.807, 2.05) is 23.8 Å². The maximum atomic E-state index is 12.2. The van der Waals surface area contributed by atoms with Crippen LogP contribution in [0.2, 0.25) is 0 Å². The molecule has 0 aliphatic rings. The van der Waals surface area contributed by atoms with Gasteiger partial charge in [-0.3, -0.25) is 4.79 Å². The van der Waals surface area contributed by atoms with Gasteiger partial charge in [-0.2, -0.15) is 0 Å². The number of amides is 1. The first-order chi connectivity index (χ1) is 10.1. The number of hydrogen-bond donors (Lipinski definition) is 2. The van der Waals surface area contributed by atoms with Crippen LogP contribution in [0.15, 0.2) is 48.7 Å². The number of carbonyl (C=O) groups excluding carboxylic acids is 1. The van der Waals surface area contributed by atoms with E-state index in [1.165, 1.54) is 6.08 Å². The van der Waals surface area contributed by atoms with E-state index in [0.717, 1.165) is 12.6 Å². The van der Waals surface area contributed by atoms with Crippen LogP contribution in [0.1, 0.15) is 23.0 Å². The number of hydrogen-bond acceptors (Lipinski definition) is 2.